The highest BCUT2D eigenvalue weighted by molar-refractivity contribution is 5.78. The second-order valence-electron chi connectivity index (χ2n) is 3.90. The van der Waals surface area contributed by atoms with Crippen LogP contribution < -0.4 is 16.4 Å². The van der Waals surface area contributed by atoms with Crippen molar-refractivity contribution in [3.05, 3.63) is 36.2 Å². The minimum atomic E-state index is -4.46. The summed E-state index contributed by atoms with van der Waals surface area (Å²) in [6, 6.07) is 5.10. The standard InChI is InChI=1S/C12H12F3N5/c1-17-10-9(16)11(19-6-18-10)20-8-5-3-2-4-7(8)12(13,14)15/h2-6H,16H2,1H3,(H2,17,18,19,20). The summed E-state index contributed by atoms with van der Waals surface area (Å²) in [6.45, 7) is 0. The lowest BCUT2D eigenvalue weighted by Gasteiger charge is -2.15. The van der Waals surface area contributed by atoms with Crippen molar-refractivity contribution >= 4 is 23.0 Å². The molecule has 5 nitrogen and oxygen atoms in total. The van der Waals surface area contributed by atoms with E-state index >= 15 is 0 Å². The van der Waals surface area contributed by atoms with Gasteiger partial charge in [-0.1, -0.05) is 12.1 Å². The zero-order chi connectivity index (χ0) is 14.8. The number of para-hydroxylation sites is 1. The summed E-state index contributed by atoms with van der Waals surface area (Å²) >= 11 is 0. The zero-order valence-electron chi connectivity index (χ0n) is 10.5. The van der Waals surface area contributed by atoms with Gasteiger partial charge in [-0.25, -0.2) is 9.97 Å². The number of nitrogens with two attached hydrogens (primary N) is 1. The minimum Gasteiger partial charge on any atom is -0.393 e. The lowest BCUT2D eigenvalue weighted by atomic mass is 10.1. The molecule has 4 N–H and O–H groups in total. The van der Waals surface area contributed by atoms with Crippen LogP contribution in [0.2, 0.25) is 0 Å². The molecule has 2 rings (SSSR count). The lowest BCUT2D eigenvalue weighted by Crippen LogP contribution is -2.10. The average molecular weight is 283 g/mol. The van der Waals surface area contributed by atoms with E-state index in [9.17, 15) is 13.2 Å². The van der Waals surface area contributed by atoms with Crippen LogP contribution in [0.3, 0.4) is 0 Å². The van der Waals surface area contributed by atoms with Crippen molar-refractivity contribution < 1.29 is 13.2 Å². The summed E-state index contributed by atoms with van der Waals surface area (Å²) in [5.41, 5.74) is 5.01. The van der Waals surface area contributed by atoms with E-state index in [-0.39, 0.29) is 17.2 Å². The number of hydrogen-bond donors (Lipinski definition) is 3. The quantitative estimate of drug-likeness (QED) is 0.807. The molecule has 0 aliphatic rings. The number of halogens is 3. The molecule has 0 saturated heterocycles. The molecule has 0 radical (unpaired) electrons. The van der Waals surface area contributed by atoms with Gasteiger partial charge in [-0.05, 0) is 12.1 Å². The molecule has 20 heavy (non-hydrogen) atoms. The van der Waals surface area contributed by atoms with E-state index in [1.54, 1.807) is 7.05 Å². The van der Waals surface area contributed by atoms with Gasteiger partial charge in [-0.15, -0.1) is 0 Å². The third kappa shape index (κ3) is 2.73. The molecular weight excluding hydrogens is 271 g/mol. The molecule has 8 heteroatoms. The fourth-order valence-corrected chi connectivity index (χ4v) is 1.66. The maximum absolute atomic E-state index is 12.9. The van der Waals surface area contributed by atoms with Crippen LogP contribution in [0.25, 0.3) is 0 Å². The predicted molar refractivity (Wildman–Crippen MR) is 70.7 cm³/mol. The first-order chi connectivity index (χ1) is 9.43. The summed E-state index contributed by atoms with van der Waals surface area (Å²) in [7, 11) is 1.60. The van der Waals surface area contributed by atoms with Gasteiger partial charge >= 0.3 is 6.18 Å². The van der Waals surface area contributed by atoms with Crippen molar-refractivity contribution in [2.75, 3.05) is 23.4 Å². The number of aromatic nitrogens is 2. The highest BCUT2D eigenvalue weighted by Gasteiger charge is 2.33. The van der Waals surface area contributed by atoms with E-state index in [0.717, 1.165) is 6.07 Å². The molecule has 1 aromatic carbocycles. The summed E-state index contributed by atoms with van der Waals surface area (Å²) in [6.07, 6.45) is -3.25. The molecule has 1 heterocycles. The second-order valence-corrected chi connectivity index (χ2v) is 3.90. The van der Waals surface area contributed by atoms with Crippen LogP contribution >= 0.6 is 0 Å². The number of hydrogen-bond acceptors (Lipinski definition) is 5. The van der Waals surface area contributed by atoms with Gasteiger partial charge in [-0.3, -0.25) is 0 Å². The van der Waals surface area contributed by atoms with Gasteiger partial charge in [0.15, 0.2) is 11.6 Å². The van der Waals surface area contributed by atoms with E-state index in [1.807, 2.05) is 0 Å². The Hall–Kier alpha value is -2.51. The first kappa shape index (κ1) is 13.9. The van der Waals surface area contributed by atoms with Crippen LogP contribution in [-0.2, 0) is 6.18 Å². The van der Waals surface area contributed by atoms with E-state index in [4.69, 9.17) is 5.73 Å². The average Bonchev–Trinajstić information content (AvgIpc) is 2.40. The third-order valence-corrected chi connectivity index (χ3v) is 2.61. The first-order valence-corrected chi connectivity index (χ1v) is 5.65. The molecule has 1 aromatic heterocycles. The summed E-state index contributed by atoms with van der Waals surface area (Å²) < 4.78 is 38.6. The van der Waals surface area contributed by atoms with E-state index < -0.39 is 11.7 Å². The Bertz CT molecular complexity index is 612. The van der Waals surface area contributed by atoms with Crippen molar-refractivity contribution in [1.29, 1.82) is 0 Å². The van der Waals surface area contributed by atoms with Crippen LogP contribution in [0, 0.1) is 0 Å². The number of nitrogens with one attached hydrogen (secondary N) is 2. The van der Waals surface area contributed by atoms with Gasteiger partial charge in [0.2, 0.25) is 0 Å². The fourth-order valence-electron chi connectivity index (χ4n) is 1.66. The zero-order valence-corrected chi connectivity index (χ0v) is 10.5. The topological polar surface area (TPSA) is 75.9 Å². The van der Waals surface area contributed by atoms with Gasteiger partial charge < -0.3 is 16.4 Å². The molecule has 0 bridgehead atoms. The van der Waals surface area contributed by atoms with Gasteiger partial charge in [0.05, 0.1) is 11.3 Å². The van der Waals surface area contributed by atoms with Crippen LogP contribution in [0.15, 0.2) is 30.6 Å². The van der Waals surface area contributed by atoms with Gasteiger partial charge in [-0.2, -0.15) is 13.2 Å². The molecular formula is C12H12F3N5. The van der Waals surface area contributed by atoms with Crippen LogP contribution in [0.4, 0.5) is 36.2 Å². The van der Waals surface area contributed by atoms with E-state index in [2.05, 4.69) is 20.6 Å². The smallest absolute Gasteiger partial charge is 0.393 e. The van der Waals surface area contributed by atoms with Crippen LogP contribution in [-0.4, -0.2) is 17.0 Å². The van der Waals surface area contributed by atoms with Crippen LogP contribution in [0.5, 0.6) is 0 Å². The second kappa shape index (κ2) is 5.24. The molecule has 0 spiro atoms. The number of nitrogen functional groups attached to an aromatic ring is 1. The normalized spacial score (nSPS) is 11.2. The predicted octanol–water partition coefficient (Wildman–Crippen LogP) is 2.86. The van der Waals surface area contributed by atoms with Crippen molar-refractivity contribution in [3.8, 4) is 0 Å². The van der Waals surface area contributed by atoms with Crippen molar-refractivity contribution in [1.82, 2.24) is 9.97 Å². The summed E-state index contributed by atoms with van der Waals surface area (Å²) in [4.78, 5) is 7.71. The SMILES string of the molecule is CNc1ncnc(Nc2ccccc2C(F)(F)F)c1N. The molecule has 0 fully saturated rings. The van der Waals surface area contributed by atoms with Crippen molar-refractivity contribution in [2.24, 2.45) is 0 Å². The van der Waals surface area contributed by atoms with Gasteiger partial charge in [0, 0.05) is 7.05 Å². The fraction of sp³-hybridized carbons (Fsp3) is 0.167. The lowest BCUT2D eigenvalue weighted by molar-refractivity contribution is -0.136. The Morgan fingerprint density at radius 1 is 1.10 bits per heavy atom. The monoisotopic (exact) mass is 283 g/mol. The minimum absolute atomic E-state index is 0.112. The Morgan fingerprint density at radius 3 is 2.40 bits per heavy atom. The third-order valence-electron chi connectivity index (χ3n) is 2.61. The summed E-state index contributed by atoms with van der Waals surface area (Å²) in [5, 5.41) is 5.31. The molecule has 0 atom stereocenters. The Balaban J connectivity index is 2.41. The first-order valence-electron chi connectivity index (χ1n) is 5.65. The molecule has 0 unspecified atom stereocenters. The molecule has 0 aliphatic carbocycles. The molecule has 0 amide bonds. The van der Waals surface area contributed by atoms with E-state index in [0.29, 0.717) is 5.82 Å². The Kier molecular flexibility index (Phi) is 3.64. The van der Waals surface area contributed by atoms with Gasteiger partial charge in [0.1, 0.15) is 12.0 Å². The largest absolute Gasteiger partial charge is 0.418 e. The van der Waals surface area contributed by atoms with Crippen molar-refractivity contribution in [2.45, 2.75) is 6.18 Å². The summed E-state index contributed by atoms with van der Waals surface area (Å²) in [5.74, 6) is 0.452. The van der Waals surface area contributed by atoms with E-state index in [1.165, 1.54) is 24.5 Å². The van der Waals surface area contributed by atoms with Crippen LogP contribution in [0.1, 0.15) is 5.56 Å². The van der Waals surface area contributed by atoms with Crippen molar-refractivity contribution in [3.63, 3.8) is 0 Å². The highest BCUT2D eigenvalue weighted by atomic mass is 19.4. The number of nitrogens with zero attached hydrogens (tertiary/aromatic N) is 2. The highest BCUT2D eigenvalue weighted by Crippen LogP contribution is 2.36. The number of alkyl halides is 3. The maximum atomic E-state index is 12.9. The molecule has 0 saturated carbocycles. The molecule has 106 valence electrons. The molecule has 2 aromatic rings. The Labute approximate surface area is 113 Å². The Morgan fingerprint density at radius 2 is 1.75 bits per heavy atom. The van der Waals surface area contributed by atoms with Gasteiger partial charge in [0.25, 0.3) is 0 Å². The molecule has 0 aliphatic heterocycles. The number of rotatable bonds is 3. The number of benzene rings is 1. The number of anilines is 4. The maximum Gasteiger partial charge on any atom is 0.418 e.